The summed E-state index contributed by atoms with van der Waals surface area (Å²) in [5, 5.41) is 46.8. The van der Waals surface area contributed by atoms with Gasteiger partial charge in [-0.2, -0.15) is 0 Å². The van der Waals surface area contributed by atoms with Crippen molar-refractivity contribution in [2.75, 3.05) is 13.2 Å². The molecule has 18 nitrogen and oxygen atoms in total. The fourth-order valence-electron chi connectivity index (χ4n) is 4.25. The summed E-state index contributed by atoms with van der Waals surface area (Å²) >= 11 is 0. The number of carbonyl (C=O) groups is 6. The van der Waals surface area contributed by atoms with E-state index in [0.717, 1.165) is 0 Å². The Bertz CT molecular complexity index is 1250. The number of aromatic hydroxyl groups is 1. The predicted octanol–water partition coefficient (Wildman–Crippen LogP) is -2.76. The number of rotatable bonds is 21. The minimum absolute atomic E-state index is 0.0228. The molecule has 1 rings (SSSR count). The number of hydrogen-bond acceptors (Lipinski definition) is 10. The van der Waals surface area contributed by atoms with Crippen molar-refractivity contribution in [1.82, 2.24) is 21.3 Å². The molecule has 1 aromatic carbocycles. The van der Waals surface area contributed by atoms with Crippen LogP contribution >= 0.6 is 0 Å². The van der Waals surface area contributed by atoms with Crippen molar-refractivity contribution in [1.29, 1.82) is 0 Å². The number of aliphatic hydroxyl groups excluding tert-OH is 1. The number of aliphatic hydroxyl groups is 1. The standard InChI is InChI=1S/C29H46N8O10/c1-15(2)12-20(26(44)34-19(9-10-23(40)41)25(43)37-22(14-38)28(46)47)36-27(45)21(13-16-5-7-17(39)8-6-16)35-24(42)18(30)4-3-11-33-29(31)32/h5-8,15,18-22,38-39H,3-4,9-14,30H2,1-2H3,(H,34,44)(H,35,42)(H,36,45)(H,37,43)(H,40,41)(H,46,47)(H4,31,32,33)/t18-,19-,20-,21-,22-/m0/s1. The number of carboxylic acid groups (broad SMARTS) is 2. The van der Waals surface area contributed by atoms with Gasteiger partial charge in [-0.15, -0.1) is 0 Å². The highest BCUT2D eigenvalue weighted by molar-refractivity contribution is 5.95. The molecule has 0 aliphatic carbocycles. The van der Waals surface area contributed by atoms with E-state index in [1.165, 1.54) is 24.3 Å². The van der Waals surface area contributed by atoms with E-state index in [9.17, 15) is 39.0 Å². The first-order chi connectivity index (χ1) is 22.0. The first kappa shape index (κ1) is 40.1. The van der Waals surface area contributed by atoms with Crippen molar-refractivity contribution >= 4 is 41.5 Å². The highest BCUT2D eigenvalue weighted by Gasteiger charge is 2.32. The number of benzene rings is 1. The number of carboxylic acids is 2. The molecule has 0 heterocycles. The van der Waals surface area contributed by atoms with Gasteiger partial charge in [-0.1, -0.05) is 26.0 Å². The van der Waals surface area contributed by atoms with Crippen molar-refractivity contribution in [3.63, 3.8) is 0 Å². The van der Waals surface area contributed by atoms with Crippen LogP contribution in [0.1, 0.15) is 51.5 Å². The fourth-order valence-corrected chi connectivity index (χ4v) is 4.25. The Morgan fingerprint density at radius 1 is 0.787 bits per heavy atom. The van der Waals surface area contributed by atoms with Gasteiger partial charge in [0.1, 0.15) is 29.9 Å². The summed E-state index contributed by atoms with van der Waals surface area (Å²) in [6.07, 6.45) is -0.427. The zero-order valence-corrected chi connectivity index (χ0v) is 26.3. The Morgan fingerprint density at radius 2 is 1.32 bits per heavy atom. The van der Waals surface area contributed by atoms with E-state index in [1.807, 2.05) is 5.32 Å². The molecule has 0 unspecified atom stereocenters. The van der Waals surface area contributed by atoms with Crippen LogP contribution in [0.25, 0.3) is 0 Å². The molecule has 0 aromatic heterocycles. The third kappa shape index (κ3) is 15.7. The molecular formula is C29H46N8O10. The third-order valence-corrected chi connectivity index (χ3v) is 6.73. The Labute approximate surface area is 271 Å². The number of nitrogens with one attached hydrogen (secondary N) is 4. The number of nitrogens with zero attached hydrogens (tertiary/aromatic N) is 1. The van der Waals surface area contributed by atoms with Crippen LogP contribution in [0.15, 0.2) is 29.3 Å². The van der Waals surface area contributed by atoms with Gasteiger partial charge in [0.2, 0.25) is 23.6 Å². The lowest BCUT2D eigenvalue weighted by atomic mass is 10.00. The summed E-state index contributed by atoms with van der Waals surface area (Å²) in [6, 6.07) is -0.919. The largest absolute Gasteiger partial charge is 0.508 e. The van der Waals surface area contributed by atoms with E-state index in [2.05, 4.69) is 20.9 Å². The number of hydrogen-bond donors (Lipinski definition) is 11. The minimum atomic E-state index is -1.71. The lowest BCUT2D eigenvalue weighted by Gasteiger charge is -2.27. The highest BCUT2D eigenvalue weighted by Crippen LogP contribution is 2.13. The molecule has 0 saturated carbocycles. The maximum atomic E-state index is 13.6. The lowest BCUT2D eigenvalue weighted by Crippen LogP contribution is -2.59. The maximum absolute atomic E-state index is 13.6. The van der Waals surface area contributed by atoms with E-state index >= 15 is 0 Å². The van der Waals surface area contributed by atoms with Gasteiger partial charge in [0, 0.05) is 19.4 Å². The summed E-state index contributed by atoms with van der Waals surface area (Å²) in [5.41, 5.74) is 17.2. The van der Waals surface area contributed by atoms with Gasteiger partial charge < -0.3 is 58.9 Å². The van der Waals surface area contributed by atoms with Crippen LogP contribution in [0.3, 0.4) is 0 Å². The first-order valence-electron chi connectivity index (χ1n) is 14.9. The van der Waals surface area contributed by atoms with Crippen molar-refractivity contribution in [3.8, 4) is 5.75 Å². The molecule has 14 N–H and O–H groups in total. The van der Waals surface area contributed by atoms with E-state index in [1.54, 1.807) is 13.8 Å². The molecule has 0 bridgehead atoms. The number of aliphatic imine (C=N–C) groups is 1. The average molecular weight is 667 g/mol. The number of amides is 4. The summed E-state index contributed by atoms with van der Waals surface area (Å²) in [7, 11) is 0. The summed E-state index contributed by atoms with van der Waals surface area (Å²) in [5.74, 6) is -6.53. The molecule has 4 amide bonds. The quantitative estimate of drug-likeness (QED) is 0.0360. The number of phenols is 1. The Morgan fingerprint density at radius 3 is 1.85 bits per heavy atom. The van der Waals surface area contributed by atoms with Crippen LogP contribution in [0.4, 0.5) is 0 Å². The number of aliphatic carboxylic acids is 2. The highest BCUT2D eigenvalue weighted by atomic mass is 16.4. The summed E-state index contributed by atoms with van der Waals surface area (Å²) in [6.45, 7) is 2.80. The van der Waals surface area contributed by atoms with Gasteiger partial charge in [-0.25, -0.2) is 4.79 Å². The Hall–Kier alpha value is -4.97. The number of phenolic OH excluding ortho intramolecular Hbond substituents is 1. The van der Waals surface area contributed by atoms with Gasteiger partial charge >= 0.3 is 11.9 Å². The average Bonchev–Trinajstić information content (AvgIpc) is 2.99. The molecule has 262 valence electrons. The first-order valence-corrected chi connectivity index (χ1v) is 14.9. The van der Waals surface area contributed by atoms with Gasteiger partial charge in [0.25, 0.3) is 0 Å². The summed E-state index contributed by atoms with van der Waals surface area (Å²) < 4.78 is 0. The fraction of sp³-hybridized carbons (Fsp3) is 0.552. The molecule has 0 fully saturated rings. The van der Waals surface area contributed by atoms with E-state index in [-0.39, 0.29) is 43.4 Å². The summed E-state index contributed by atoms with van der Waals surface area (Å²) in [4.78, 5) is 79.1. The van der Waals surface area contributed by atoms with Crippen LogP contribution in [0.2, 0.25) is 0 Å². The third-order valence-electron chi connectivity index (χ3n) is 6.73. The van der Waals surface area contributed by atoms with Crippen LogP contribution in [-0.4, -0.2) is 105 Å². The molecular weight excluding hydrogens is 620 g/mol. The van der Waals surface area contributed by atoms with Crippen molar-refractivity contribution in [2.24, 2.45) is 28.1 Å². The normalized spacial score (nSPS) is 14.1. The Kier molecular flexibility index (Phi) is 17.2. The molecule has 47 heavy (non-hydrogen) atoms. The van der Waals surface area contributed by atoms with E-state index in [0.29, 0.717) is 12.0 Å². The molecule has 0 aliphatic heterocycles. The van der Waals surface area contributed by atoms with Gasteiger partial charge in [-0.05, 0) is 49.3 Å². The topological polar surface area (TPSA) is 322 Å². The monoisotopic (exact) mass is 666 g/mol. The van der Waals surface area contributed by atoms with Crippen LogP contribution in [0, 0.1) is 5.92 Å². The van der Waals surface area contributed by atoms with Gasteiger partial charge in [-0.3, -0.25) is 29.0 Å². The number of carbonyl (C=O) groups excluding carboxylic acids is 4. The van der Waals surface area contributed by atoms with Crippen molar-refractivity contribution < 1.29 is 49.2 Å². The molecule has 1 aromatic rings. The smallest absolute Gasteiger partial charge is 0.328 e. The zero-order valence-electron chi connectivity index (χ0n) is 26.3. The minimum Gasteiger partial charge on any atom is -0.508 e. The van der Waals surface area contributed by atoms with Crippen LogP contribution < -0.4 is 38.5 Å². The second kappa shape index (κ2) is 20.2. The molecule has 0 saturated heterocycles. The van der Waals surface area contributed by atoms with Crippen LogP contribution in [0.5, 0.6) is 5.75 Å². The second-order valence-electron chi connectivity index (χ2n) is 11.3. The van der Waals surface area contributed by atoms with E-state index in [4.69, 9.17) is 27.4 Å². The van der Waals surface area contributed by atoms with E-state index < -0.39 is 85.2 Å². The van der Waals surface area contributed by atoms with Gasteiger partial charge in [0.05, 0.1) is 12.6 Å². The predicted molar refractivity (Wildman–Crippen MR) is 168 cm³/mol. The molecule has 18 heteroatoms. The second-order valence-corrected chi connectivity index (χ2v) is 11.3. The number of nitrogens with two attached hydrogens (primary N) is 3. The zero-order chi connectivity index (χ0) is 35.7. The SMILES string of the molecule is CC(C)C[C@H](NC(=O)[C@H](Cc1ccc(O)cc1)NC(=O)[C@@H](N)CCCN=C(N)N)C(=O)N[C@@H](CCC(=O)O)C(=O)N[C@@H](CO)C(=O)O. The van der Waals surface area contributed by atoms with Gasteiger partial charge in [0.15, 0.2) is 5.96 Å². The maximum Gasteiger partial charge on any atom is 0.328 e. The number of guanidine groups is 1. The molecule has 0 radical (unpaired) electrons. The molecule has 0 spiro atoms. The van der Waals surface area contributed by atoms with Crippen molar-refractivity contribution in [2.45, 2.75) is 82.6 Å². The molecule has 5 atom stereocenters. The van der Waals surface area contributed by atoms with Crippen LogP contribution in [-0.2, 0) is 35.2 Å². The van der Waals surface area contributed by atoms with Crippen molar-refractivity contribution in [3.05, 3.63) is 29.8 Å². The lowest BCUT2D eigenvalue weighted by molar-refractivity contribution is -0.144. The Balaban J connectivity index is 3.22. The molecule has 0 aliphatic rings.